The third-order valence-corrected chi connectivity index (χ3v) is 2.14. The molecule has 1 heterocycles. The minimum absolute atomic E-state index is 0.631. The van der Waals surface area contributed by atoms with Crippen LogP contribution in [-0.2, 0) is 0 Å². The lowest BCUT2D eigenvalue weighted by molar-refractivity contribution is 1.35. The molecular formula is C7H3BrClN2. The van der Waals surface area contributed by atoms with E-state index in [2.05, 4.69) is 26.2 Å². The molecule has 2 rings (SSSR count). The van der Waals surface area contributed by atoms with Crippen molar-refractivity contribution in [1.29, 1.82) is 0 Å². The van der Waals surface area contributed by atoms with E-state index in [0.29, 0.717) is 5.02 Å². The van der Waals surface area contributed by atoms with Gasteiger partial charge in [-0.25, -0.2) is 10.3 Å². The van der Waals surface area contributed by atoms with Crippen molar-refractivity contribution in [2.75, 3.05) is 0 Å². The van der Waals surface area contributed by atoms with Gasteiger partial charge in [-0.3, -0.25) is 0 Å². The zero-order valence-electron chi connectivity index (χ0n) is 5.38. The quantitative estimate of drug-likeness (QED) is 0.655. The smallest absolute Gasteiger partial charge is 0.116 e. The lowest BCUT2D eigenvalue weighted by Crippen LogP contribution is -1.85. The van der Waals surface area contributed by atoms with Gasteiger partial charge in [0.15, 0.2) is 0 Å². The Bertz CT molecular complexity index is 335. The molecule has 0 fully saturated rings. The number of halogens is 2. The summed E-state index contributed by atoms with van der Waals surface area (Å²) in [5.74, 6) is 0. The van der Waals surface area contributed by atoms with Gasteiger partial charge in [-0.15, -0.1) is 0 Å². The van der Waals surface area contributed by atoms with Crippen LogP contribution in [0.15, 0.2) is 21.6 Å². The summed E-state index contributed by atoms with van der Waals surface area (Å²) in [5.41, 5.74) is 1.58. The van der Waals surface area contributed by atoms with Gasteiger partial charge in [-0.05, 0) is 12.1 Å². The SMILES string of the molecule is Clc1cc(Br)cc2c1[N]C=N2. The Balaban J connectivity index is 2.66. The Morgan fingerprint density at radius 3 is 3.00 bits per heavy atom. The lowest BCUT2D eigenvalue weighted by atomic mass is 10.3. The molecule has 1 aromatic carbocycles. The first kappa shape index (κ1) is 7.13. The molecule has 1 aliphatic heterocycles. The van der Waals surface area contributed by atoms with Gasteiger partial charge in [0.05, 0.1) is 10.7 Å². The molecule has 4 heteroatoms. The first-order chi connectivity index (χ1) is 5.27. The normalized spacial score (nSPS) is 12.9. The van der Waals surface area contributed by atoms with Crippen molar-refractivity contribution in [1.82, 2.24) is 5.32 Å². The molecule has 0 saturated carbocycles. The van der Waals surface area contributed by atoms with E-state index in [9.17, 15) is 0 Å². The number of hydrogen-bond donors (Lipinski definition) is 0. The Hall–Kier alpha value is -0.540. The highest BCUT2D eigenvalue weighted by molar-refractivity contribution is 9.10. The van der Waals surface area contributed by atoms with Crippen LogP contribution in [0.3, 0.4) is 0 Å². The van der Waals surface area contributed by atoms with E-state index in [1.54, 1.807) is 6.07 Å². The fourth-order valence-corrected chi connectivity index (χ4v) is 1.77. The molecule has 0 amide bonds. The van der Waals surface area contributed by atoms with Crippen LogP contribution < -0.4 is 5.32 Å². The van der Waals surface area contributed by atoms with Gasteiger partial charge >= 0.3 is 0 Å². The van der Waals surface area contributed by atoms with Crippen LogP contribution in [0, 0.1) is 0 Å². The zero-order chi connectivity index (χ0) is 7.84. The van der Waals surface area contributed by atoms with Gasteiger partial charge in [0.25, 0.3) is 0 Å². The largest absolute Gasteiger partial charge is 0.235 e. The van der Waals surface area contributed by atoms with Crippen molar-refractivity contribution in [3.63, 3.8) is 0 Å². The summed E-state index contributed by atoms with van der Waals surface area (Å²) in [6, 6.07) is 3.69. The topological polar surface area (TPSA) is 26.5 Å². The second-order valence-corrected chi connectivity index (χ2v) is 3.45. The Morgan fingerprint density at radius 2 is 2.18 bits per heavy atom. The highest BCUT2D eigenvalue weighted by Crippen LogP contribution is 2.37. The van der Waals surface area contributed by atoms with E-state index in [1.165, 1.54) is 6.34 Å². The fraction of sp³-hybridized carbons (Fsp3) is 0. The third kappa shape index (κ3) is 1.14. The Kier molecular flexibility index (Phi) is 1.62. The summed E-state index contributed by atoms with van der Waals surface area (Å²) in [6.07, 6.45) is 1.50. The van der Waals surface area contributed by atoms with E-state index in [1.807, 2.05) is 6.07 Å². The molecule has 0 spiro atoms. The van der Waals surface area contributed by atoms with Gasteiger partial charge in [0, 0.05) is 4.47 Å². The van der Waals surface area contributed by atoms with Crippen molar-refractivity contribution in [3.8, 4) is 0 Å². The van der Waals surface area contributed by atoms with Crippen LogP contribution in [0.1, 0.15) is 0 Å². The lowest BCUT2D eigenvalue weighted by Gasteiger charge is -1.98. The number of benzene rings is 1. The maximum absolute atomic E-state index is 5.87. The van der Waals surface area contributed by atoms with Crippen molar-refractivity contribution >= 4 is 45.2 Å². The van der Waals surface area contributed by atoms with E-state index in [-0.39, 0.29) is 0 Å². The number of nitrogens with zero attached hydrogens (tertiary/aromatic N) is 2. The number of hydrogen-bond acceptors (Lipinski definition) is 1. The second-order valence-electron chi connectivity index (χ2n) is 2.13. The Labute approximate surface area is 77.4 Å². The van der Waals surface area contributed by atoms with E-state index < -0.39 is 0 Å². The van der Waals surface area contributed by atoms with Crippen molar-refractivity contribution in [3.05, 3.63) is 21.6 Å². The molecule has 1 radical (unpaired) electrons. The first-order valence-corrected chi connectivity index (χ1v) is 4.17. The highest BCUT2D eigenvalue weighted by Gasteiger charge is 2.12. The van der Waals surface area contributed by atoms with Crippen molar-refractivity contribution in [2.24, 2.45) is 4.99 Å². The molecule has 0 saturated heterocycles. The van der Waals surface area contributed by atoms with Crippen molar-refractivity contribution < 1.29 is 0 Å². The highest BCUT2D eigenvalue weighted by atomic mass is 79.9. The van der Waals surface area contributed by atoms with Crippen LogP contribution in [-0.4, -0.2) is 6.34 Å². The van der Waals surface area contributed by atoms with Crippen LogP contribution in [0.4, 0.5) is 11.4 Å². The molecule has 2 nitrogen and oxygen atoms in total. The zero-order valence-corrected chi connectivity index (χ0v) is 7.72. The minimum atomic E-state index is 0.631. The molecule has 0 atom stereocenters. The summed E-state index contributed by atoms with van der Waals surface area (Å²) >= 11 is 9.19. The van der Waals surface area contributed by atoms with E-state index in [4.69, 9.17) is 11.6 Å². The Morgan fingerprint density at radius 1 is 1.36 bits per heavy atom. The number of aliphatic imine (C=N–C) groups is 1. The van der Waals surface area contributed by atoms with Gasteiger partial charge in [-0.1, -0.05) is 27.5 Å². The van der Waals surface area contributed by atoms with Crippen LogP contribution in [0.5, 0.6) is 0 Å². The van der Waals surface area contributed by atoms with Gasteiger partial charge in [0.1, 0.15) is 12.0 Å². The van der Waals surface area contributed by atoms with Crippen LogP contribution in [0.2, 0.25) is 5.02 Å². The molecule has 1 aromatic rings. The summed E-state index contributed by atoms with van der Waals surface area (Å²) in [5, 5.41) is 4.63. The van der Waals surface area contributed by atoms with Crippen LogP contribution >= 0.6 is 27.5 Å². The summed E-state index contributed by atoms with van der Waals surface area (Å²) in [4.78, 5) is 4.01. The average Bonchev–Trinajstić information content (AvgIpc) is 2.34. The third-order valence-electron chi connectivity index (χ3n) is 1.39. The molecule has 0 aliphatic carbocycles. The van der Waals surface area contributed by atoms with Crippen molar-refractivity contribution in [2.45, 2.75) is 0 Å². The molecule has 0 aromatic heterocycles. The fourth-order valence-electron chi connectivity index (χ4n) is 0.927. The molecule has 0 bridgehead atoms. The predicted octanol–water partition coefficient (Wildman–Crippen LogP) is 3.01. The monoisotopic (exact) mass is 229 g/mol. The first-order valence-electron chi connectivity index (χ1n) is 3.00. The number of rotatable bonds is 0. The summed E-state index contributed by atoms with van der Waals surface area (Å²) in [7, 11) is 0. The second kappa shape index (κ2) is 2.50. The van der Waals surface area contributed by atoms with Gasteiger partial charge < -0.3 is 0 Å². The number of fused-ring (bicyclic) bond motifs is 1. The summed E-state index contributed by atoms with van der Waals surface area (Å²) in [6.45, 7) is 0. The standard InChI is InChI=1S/C7H3BrClN2/c8-4-1-5(9)7-6(2-4)10-3-11-7/h1-3H. The van der Waals surface area contributed by atoms with E-state index in [0.717, 1.165) is 15.8 Å². The van der Waals surface area contributed by atoms with Crippen LogP contribution in [0.25, 0.3) is 0 Å². The maximum Gasteiger partial charge on any atom is 0.116 e. The molecule has 11 heavy (non-hydrogen) atoms. The molecule has 0 unspecified atom stereocenters. The molecular weight excluding hydrogens is 227 g/mol. The van der Waals surface area contributed by atoms with E-state index >= 15 is 0 Å². The molecule has 1 aliphatic rings. The molecule has 0 N–H and O–H groups in total. The van der Waals surface area contributed by atoms with Gasteiger partial charge in [0.2, 0.25) is 0 Å². The summed E-state index contributed by atoms with van der Waals surface area (Å²) < 4.78 is 0.926. The minimum Gasteiger partial charge on any atom is -0.235 e. The maximum atomic E-state index is 5.87. The predicted molar refractivity (Wildman–Crippen MR) is 49.1 cm³/mol. The van der Waals surface area contributed by atoms with Gasteiger partial charge in [-0.2, -0.15) is 0 Å². The molecule has 55 valence electrons. The average molecular weight is 230 g/mol.